The highest BCUT2D eigenvalue weighted by molar-refractivity contribution is 7.98. The standard InChI is InChI=1S/C8H14N2S2/c1-7(4-11-2)9-3-8-5-12-6-10-8/h5-7,9H,3-4H2,1-2H3. The van der Waals surface area contributed by atoms with Crippen LogP contribution in [0.5, 0.6) is 0 Å². The van der Waals surface area contributed by atoms with Gasteiger partial charge in [0.15, 0.2) is 0 Å². The molecule has 0 spiro atoms. The van der Waals surface area contributed by atoms with E-state index in [1.165, 1.54) is 0 Å². The Morgan fingerprint density at radius 2 is 2.58 bits per heavy atom. The number of hydrogen-bond donors (Lipinski definition) is 1. The number of thioether (sulfide) groups is 1. The Kier molecular flexibility index (Phi) is 4.65. The van der Waals surface area contributed by atoms with Crippen molar-refractivity contribution in [3.63, 3.8) is 0 Å². The summed E-state index contributed by atoms with van der Waals surface area (Å²) in [5.41, 5.74) is 3.02. The summed E-state index contributed by atoms with van der Waals surface area (Å²) in [6.45, 7) is 3.09. The molecule has 0 aliphatic rings. The van der Waals surface area contributed by atoms with E-state index in [1.807, 2.05) is 17.3 Å². The van der Waals surface area contributed by atoms with Crippen LogP contribution in [0.1, 0.15) is 12.6 Å². The second kappa shape index (κ2) is 5.56. The van der Waals surface area contributed by atoms with Gasteiger partial charge in [-0.15, -0.1) is 11.3 Å². The van der Waals surface area contributed by atoms with Crippen molar-refractivity contribution in [2.45, 2.75) is 19.5 Å². The van der Waals surface area contributed by atoms with E-state index in [0.29, 0.717) is 6.04 Å². The molecule has 2 nitrogen and oxygen atoms in total. The van der Waals surface area contributed by atoms with Crippen LogP contribution in [-0.2, 0) is 6.54 Å². The molecule has 1 aromatic rings. The SMILES string of the molecule is CSCC(C)NCc1cscn1. The van der Waals surface area contributed by atoms with Gasteiger partial charge in [0.25, 0.3) is 0 Å². The second-order valence-corrected chi connectivity index (χ2v) is 4.35. The number of thiazole rings is 1. The van der Waals surface area contributed by atoms with Crippen LogP contribution in [0.4, 0.5) is 0 Å². The van der Waals surface area contributed by atoms with Gasteiger partial charge in [-0.2, -0.15) is 11.8 Å². The molecule has 4 heteroatoms. The topological polar surface area (TPSA) is 24.9 Å². The van der Waals surface area contributed by atoms with E-state index in [-0.39, 0.29) is 0 Å². The summed E-state index contributed by atoms with van der Waals surface area (Å²) < 4.78 is 0. The summed E-state index contributed by atoms with van der Waals surface area (Å²) in [5, 5.41) is 5.49. The maximum Gasteiger partial charge on any atom is 0.0795 e. The molecule has 1 N–H and O–H groups in total. The number of rotatable bonds is 5. The van der Waals surface area contributed by atoms with Gasteiger partial charge in [0, 0.05) is 23.7 Å². The van der Waals surface area contributed by atoms with E-state index in [4.69, 9.17) is 0 Å². The Morgan fingerprint density at radius 3 is 3.17 bits per heavy atom. The van der Waals surface area contributed by atoms with Gasteiger partial charge in [-0.05, 0) is 13.2 Å². The fourth-order valence-electron chi connectivity index (χ4n) is 0.913. The summed E-state index contributed by atoms with van der Waals surface area (Å²) in [6.07, 6.45) is 2.13. The molecule has 1 unspecified atom stereocenters. The van der Waals surface area contributed by atoms with Crippen LogP contribution in [0.2, 0.25) is 0 Å². The highest BCUT2D eigenvalue weighted by Gasteiger charge is 2.00. The summed E-state index contributed by atoms with van der Waals surface area (Å²) in [6, 6.07) is 0.571. The Bertz CT molecular complexity index is 199. The molecular formula is C8H14N2S2. The third-order valence-corrected chi connectivity index (χ3v) is 3.00. The van der Waals surface area contributed by atoms with Gasteiger partial charge in [-0.1, -0.05) is 0 Å². The molecule has 0 amide bonds. The van der Waals surface area contributed by atoms with Crippen molar-refractivity contribution in [2.24, 2.45) is 0 Å². The lowest BCUT2D eigenvalue weighted by atomic mass is 10.3. The van der Waals surface area contributed by atoms with Gasteiger partial charge >= 0.3 is 0 Å². The van der Waals surface area contributed by atoms with Crippen LogP contribution in [-0.4, -0.2) is 23.0 Å². The summed E-state index contributed by atoms with van der Waals surface area (Å²) in [7, 11) is 0. The molecule has 0 bridgehead atoms. The maximum absolute atomic E-state index is 4.20. The van der Waals surface area contributed by atoms with Crippen molar-refractivity contribution >= 4 is 23.1 Å². The van der Waals surface area contributed by atoms with Crippen LogP contribution in [0.15, 0.2) is 10.9 Å². The predicted octanol–water partition coefficient (Wildman–Crippen LogP) is 1.98. The quantitative estimate of drug-likeness (QED) is 0.790. The molecule has 0 aliphatic carbocycles. The molecule has 0 saturated heterocycles. The minimum atomic E-state index is 0.571. The minimum absolute atomic E-state index is 0.571. The Balaban J connectivity index is 2.17. The predicted molar refractivity (Wildman–Crippen MR) is 56.8 cm³/mol. The smallest absolute Gasteiger partial charge is 0.0795 e. The molecule has 1 rings (SSSR count). The van der Waals surface area contributed by atoms with E-state index in [2.05, 4.69) is 28.9 Å². The minimum Gasteiger partial charge on any atom is -0.308 e. The lowest BCUT2D eigenvalue weighted by Gasteiger charge is -2.10. The summed E-state index contributed by atoms with van der Waals surface area (Å²) in [5.74, 6) is 1.16. The molecule has 0 fully saturated rings. The molecular weight excluding hydrogens is 188 g/mol. The number of hydrogen-bond acceptors (Lipinski definition) is 4. The third-order valence-electron chi connectivity index (χ3n) is 1.53. The lowest BCUT2D eigenvalue weighted by Crippen LogP contribution is -2.27. The third kappa shape index (κ3) is 3.56. The number of nitrogens with zero attached hydrogens (tertiary/aromatic N) is 1. The highest BCUT2D eigenvalue weighted by Crippen LogP contribution is 2.02. The van der Waals surface area contributed by atoms with E-state index in [9.17, 15) is 0 Å². The highest BCUT2D eigenvalue weighted by atomic mass is 32.2. The summed E-state index contributed by atoms with van der Waals surface area (Å²) >= 11 is 3.51. The van der Waals surface area contributed by atoms with Gasteiger partial charge in [0.05, 0.1) is 11.2 Å². The zero-order chi connectivity index (χ0) is 8.81. The first-order valence-electron chi connectivity index (χ1n) is 3.92. The van der Waals surface area contributed by atoms with E-state index in [1.54, 1.807) is 11.3 Å². The first kappa shape index (κ1) is 10.0. The molecule has 12 heavy (non-hydrogen) atoms. The van der Waals surface area contributed by atoms with Gasteiger partial charge < -0.3 is 5.32 Å². The average molecular weight is 202 g/mol. The maximum atomic E-state index is 4.20. The van der Waals surface area contributed by atoms with Crippen molar-refractivity contribution in [1.82, 2.24) is 10.3 Å². The monoisotopic (exact) mass is 202 g/mol. The van der Waals surface area contributed by atoms with Gasteiger partial charge in [0.1, 0.15) is 0 Å². The molecule has 68 valence electrons. The summed E-state index contributed by atoms with van der Waals surface area (Å²) in [4.78, 5) is 4.20. The zero-order valence-corrected chi connectivity index (χ0v) is 9.04. The Hall–Kier alpha value is -0.0600. The van der Waals surface area contributed by atoms with Crippen LogP contribution in [0.25, 0.3) is 0 Å². The normalized spacial score (nSPS) is 13.2. The lowest BCUT2D eigenvalue weighted by molar-refractivity contribution is 0.590. The van der Waals surface area contributed by atoms with Crippen LogP contribution >= 0.6 is 23.1 Å². The molecule has 0 aromatic carbocycles. The fraction of sp³-hybridized carbons (Fsp3) is 0.625. The molecule has 0 aliphatic heterocycles. The van der Waals surface area contributed by atoms with E-state index >= 15 is 0 Å². The van der Waals surface area contributed by atoms with Crippen molar-refractivity contribution < 1.29 is 0 Å². The average Bonchev–Trinajstić information content (AvgIpc) is 2.53. The Morgan fingerprint density at radius 1 is 1.75 bits per heavy atom. The first-order valence-corrected chi connectivity index (χ1v) is 6.26. The largest absolute Gasteiger partial charge is 0.308 e. The molecule has 1 aromatic heterocycles. The van der Waals surface area contributed by atoms with Crippen molar-refractivity contribution in [1.29, 1.82) is 0 Å². The van der Waals surface area contributed by atoms with Gasteiger partial charge in [0.2, 0.25) is 0 Å². The van der Waals surface area contributed by atoms with Gasteiger partial charge in [-0.3, -0.25) is 0 Å². The van der Waals surface area contributed by atoms with Crippen molar-refractivity contribution in [3.05, 3.63) is 16.6 Å². The first-order chi connectivity index (χ1) is 5.83. The van der Waals surface area contributed by atoms with E-state index < -0.39 is 0 Å². The molecule has 1 heterocycles. The molecule has 1 atom stereocenters. The zero-order valence-electron chi connectivity index (χ0n) is 7.41. The second-order valence-electron chi connectivity index (χ2n) is 2.72. The van der Waals surface area contributed by atoms with Crippen molar-refractivity contribution in [3.8, 4) is 0 Å². The molecule has 0 radical (unpaired) electrons. The number of aromatic nitrogens is 1. The van der Waals surface area contributed by atoms with Crippen LogP contribution < -0.4 is 5.32 Å². The van der Waals surface area contributed by atoms with Crippen LogP contribution in [0, 0.1) is 0 Å². The van der Waals surface area contributed by atoms with Crippen molar-refractivity contribution in [2.75, 3.05) is 12.0 Å². The van der Waals surface area contributed by atoms with Gasteiger partial charge in [-0.25, -0.2) is 4.98 Å². The number of nitrogens with one attached hydrogen (secondary N) is 1. The fourth-order valence-corrected chi connectivity index (χ4v) is 2.09. The van der Waals surface area contributed by atoms with E-state index in [0.717, 1.165) is 18.0 Å². The molecule has 0 saturated carbocycles. The Labute approximate surface area is 81.8 Å². The van der Waals surface area contributed by atoms with Crippen LogP contribution in [0.3, 0.4) is 0 Å².